The second-order valence-electron chi connectivity index (χ2n) is 7.23. The van der Waals surface area contributed by atoms with Crippen LogP contribution in [0.2, 0.25) is 0 Å². The first-order chi connectivity index (χ1) is 8.74. The number of hydrogen-bond acceptors (Lipinski definition) is 2. The van der Waals surface area contributed by atoms with Crippen LogP contribution in [-0.2, 0) is 0 Å². The summed E-state index contributed by atoms with van der Waals surface area (Å²) in [5.41, 5.74) is 0. The predicted molar refractivity (Wildman–Crippen MR) is 76.7 cm³/mol. The van der Waals surface area contributed by atoms with Crippen molar-refractivity contribution in [2.24, 2.45) is 17.8 Å². The maximum Gasteiger partial charge on any atom is 0.0235 e. The molecule has 2 atom stereocenters. The van der Waals surface area contributed by atoms with Gasteiger partial charge in [-0.2, -0.15) is 0 Å². The van der Waals surface area contributed by atoms with Crippen molar-refractivity contribution < 1.29 is 0 Å². The van der Waals surface area contributed by atoms with Crippen molar-refractivity contribution in [3.63, 3.8) is 0 Å². The van der Waals surface area contributed by atoms with Gasteiger partial charge in [-0.3, -0.25) is 4.90 Å². The Morgan fingerprint density at radius 3 is 2.44 bits per heavy atom. The standard InChI is InChI=1S/C16H30N2/c1-12(2)13-5-7-15(8-6-13)18-10-14-4-3-9-17-16(14)11-18/h12-17H,3-11H2,1-2H3. The molecule has 2 heterocycles. The van der Waals surface area contributed by atoms with E-state index in [2.05, 4.69) is 24.1 Å². The van der Waals surface area contributed by atoms with Crippen molar-refractivity contribution in [3.05, 3.63) is 0 Å². The Kier molecular flexibility index (Phi) is 3.95. The smallest absolute Gasteiger partial charge is 0.0235 e. The molecule has 3 rings (SSSR count). The van der Waals surface area contributed by atoms with Crippen molar-refractivity contribution in [1.82, 2.24) is 10.2 Å². The number of nitrogens with one attached hydrogen (secondary N) is 1. The summed E-state index contributed by atoms with van der Waals surface area (Å²) in [4.78, 5) is 2.82. The first-order valence-corrected chi connectivity index (χ1v) is 8.21. The molecule has 0 bridgehead atoms. The number of hydrogen-bond donors (Lipinski definition) is 1. The average molecular weight is 250 g/mol. The van der Waals surface area contributed by atoms with Gasteiger partial charge in [0.25, 0.3) is 0 Å². The molecule has 0 aromatic carbocycles. The first kappa shape index (κ1) is 12.9. The summed E-state index contributed by atoms with van der Waals surface area (Å²) in [5.74, 6) is 2.86. The van der Waals surface area contributed by atoms with E-state index in [0.29, 0.717) is 0 Å². The van der Waals surface area contributed by atoms with Gasteiger partial charge in [0, 0.05) is 25.2 Å². The first-order valence-electron chi connectivity index (χ1n) is 8.21. The van der Waals surface area contributed by atoms with Crippen molar-refractivity contribution in [2.45, 2.75) is 64.5 Å². The summed E-state index contributed by atoms with van der Waals surface area (Å²) in [7, 11) is 0. The minimum absolute atomic E-state index is 0.821. The lowest BCUT2D eigenvalue weighted by molar-refractivity contribution is 0.142. The highest BCUT2D eigenvalue weighted by Crippen LogP contribution is 2.35. The summed E-state index contributed by atoms with van der Waals surface area (Å²) in [6.45, 7) is 8.78. The van der Waals surface area contributed by atoms with Crippen LogP contribution >= 0.6 is 0 Å². The Morgan fingerprint density at radius 2 is 1.78 bits per heavy atom. The fourth-order valence-electron chi connectivity index (χ4n) is 4.51. The van der Waals surface area contributed by atoms with Crippen LogP contribution in [-0.4, -0.2) is 36.6 Å². The molecule has 3 aliphatic rings. The number of likely N-dealkylation sites (tertiary alicyclic amines) is 1. The van der Waals surface area contributed by atoms with Gasteiger partial charge in [0.2, 0.25) is 0 Å². The highest BCUT2D eigenvalue weighted by molar-refractivity contribution is 4.95. The largest absolute Gasteiger partial charge is 0.312 e. The molecule has 2 heteroatoms. The average Bonchev–Trinajstić information content (AvgIpc) is 2.82. The Hall–Kier alpha value is -0.0800. The van der Waals surface area contributed by atoms with Crippen LogP contribution in [0.15, 0.2) is 0 Å². The van der Waals surface area contributed by atoms with Crippen LogP contribution < -0.4 is 5.32 Å². The predicted octanol–water partition coefficient (Wildman–Crippen LogP) is 2.89. The molecule has 2 aliphatic heterocycles. The monoisotopic (exact) mass is 250 g/mol. The van der Waals surface area contributed by atoms with Crippen LogP contribution in [0.25, 0.3) is 0 Å². The van der Waals surface area contributed by atoms with E-state index in [1.165, 1.54) is 58.2 Å². The lowest BCUT2D eigenvalue weighted by Crippen LogP contribution is -2.42. The minimum Gasteiger partial charge on any atom is -0.312 e. The molecule has 1 aliphatic carbocycles. The molecule has 0 aromatic heterocycles. The topological polar surface area (TPSA) is 15.3 Å². The molecule has 1 N–H and O–H groups in total. The number of rotatable bonds is 2. The fraction of sp³-hybridized carbons (Fsp3) is 1.00. The molecular formula is C16H30N2. The molecule has 2 nitrogen and oxygen atoms in total. The summed E-state index contributed by atoms with van der Waals surface area (Å²) >= 11 is 0. The third kappa shape index (κ3) is 2.60. The Morgan fingerprint density at radius 1 is 1.00 bits per heavy atom. The van der Waals surface area contributed by atoms with Crippen LogP contribution in [0.5, 0.6) is 0 Å². The molecule has 0 aromatic rings. The fourth-order valence-corrected chi connectivity index (χ4v) is 4.51. The van der Waals surface area contributed by atoms with Crippen molar-refractivity contribution in [2.75, 3.05) is 19.6 Å². The summed E-state index contributed by atoms with van der Waals surface area (Å²) < 4.78 is 0. The zero-order valence-electron chi connectivity index (χ0n) is 12.2. The third-order valence-corrected chi connectivity index (χ3v) is 5.83. The highest BCUT2D eigenvalue weighted by Gasteiger charge is 2.38. The molecule has 1 saturated carbocycles. The van der Waals surface area contributed by atoms with E-state index in [9.17, 15) is 0 Å². The highest BCUT2D eigenvalue weighted by atomic mass is 15.2. The second-order valence-corrected chi connectivity index (χ2v) is 7.23. The molecule has 2 saturated heterocycles. The van der Waals surface area contributed by atoms with Gasteiger partial charge in [-0.25, -0.2) is 0 Å². The Labute approximate surface area is 113 Å². The van der Waals surface area contributed by atoms with Gasteiger partial charge in [0.1, 0.15) is 0 Å². The number of fused-ring (bicyclic) bond motifs is 1. The number of nitrogens with zero attached hydrogens (tertiary/aromatic N) is 1. The SMILES string of the molecule is CC(C)C1CCC(N2CC3CCCNC3C2)CC1. The molecule has 0 spiro atoms. The lowest BCUT2D eigenvalue weighted by Gasteiger charge is -2.36. The molecule has 3 fully saturated rings. The summed E-state index contributed by atoms with van der Waals surface area (Å²) in [6, 6.07) is 1.73. The molecule has 0 amide bonds. The quantitative estimate of drug-likeness (QED) is 0.811. The molecule has 0 radical (unpaired) electrons. The summed E-state index contributed by atoms with van der Waals surface area (Å²) in [6.07, 6.45) is 8.73. The van der Waals surface area contributed by atoms with Gasteiger partial charge in [0.15, 0.2) is 0 Å². The second kappa shape index (κ2) is 5.50. The summed E-state index contributed by atoms with van der Waals surface area (Å²) in [5, 5.41) is 3.74. The van der Waals surface area contributed by atoms with Crippen LogP contribution in [0.4, 0.5) is 0 Å². The van der Waals surface area contributed by atoms with Crippen molar-refractivity contribution in [1.29, 1.82) is 0 Å². The Balaban J connectivity index is 1.51. The molecule has 104 valence electrons. The van der Waals surface area contributed by atoms with E-state index in [-0.39, 0.29) is 0 Å². The van der Waals surface area contributed by atoms with E-state index in [1.807, 2.05) is 0 Å². The van der Waals surface area contributed by atoms with Crippen LogP contribution in [0, 0.1) is 17.8 Å². The van der Waals surface area contributed by atoms with Gasteiger partial charge in [-0.05, 0) is 62.8 Å². The van der Waals surface area contributed by atoms with Gasteiger partial charge >= 0.3 is 0 Å². The van der Waals surface area contributed by atoms with Gasteiger partial charge in [-0.15, -0.1) is 0 Å². The minimum atomic E-state index is 0.821. The van der Waals surface area contributed by atoms with E-state index >= 15 is 0 Å². The van der Waals surface area contributed by atoms with E-state index in [4.69, 9.17) is 0 Å². The molecule has 18 heavy (non-hydrogen) atoms. The zero-order valence-corrected chi connectivity index (χ0v) is 12.2. The zero-order chi connectivity index (χ0) is 12.5. The van der Waals surface area contributed by atoms with Crippen molar-refractivity contribution >= 4 is 0 Å². The Bertz CT molecular complexity index is 254. The van der Waals surface area contributed by atoms with Gasteiger partial charge in [0.05, 0.1) is 0 Å². The number of piperidine rings is 1. The van der Waals surface area contributed by atoms with Crippen LogP contribution in [0.3, 0.4) is 0 Å². The van der Waals surface area contributed by atoms with Crippen LogP contribution in [0.1, 0.15) is 52.4 Å². The van der Waals surface area contributed by atoms with Crippen molar-refractivity contribution in [3.8, 4) is 0 Å². The van der Waals surface area contributed by atoms with E-state index in [1.54, 1.807) is 0 Å². The van der Waals surface area contributed by atoms with E-state index in [0.717, 1.165) is 29.8 Å². The third-order valence-electron chi connectivity index (χ3n) is 5.83. The lowest BCUT2D eigenvalue weighted by atomic mass is 9.79. The maximum atomic E-state index is 3.74. The normalized spacial score (nSPS) is 42.2. The van der Waals surface area contributed by atoms with Gasteiger partial charge < -0.3 is 5.32 Å². The molecular weight excluding hydrogens is 220 g/mol. The maximum absolute atomic E-state index is 3.74. The van der Waals surface area contributed by atoms with Gasteiger partial charge in [-0.1, -0.05) is 13.8 Å². The molecule has 2 unspecified atom stereocenters. The van der Waals surface area contributed by atoms with E-state index < -0.39 is 0 Å².